The Bertz CT molecular complexity index is 259. The fourth-order valence-corrected chi connectivity index (χ4v) is 3.06. The van der Waals surface area contributed by atoms with Crippen molar-refractivity contribution >= 4 is 15.3 Å². The van der Waals surface area contributed by atoms with Crippen molar-refractivity contribution in [3.05, 3.63) is 0 Å². The van der Waals surface area contributed by atoms with Gasteiger partial charge in [0.1, 0.15) is 0 Å². The van der Waals surface area contributed by atoms with E-state index in [0.717, 1.165) is 19.6 Å². The van der Waals surface area contributed by atoms with E-state index in [9.17, 15) is 4.79 Å². The van der Waals surface area contributed by atoms with E-state index >= 15 is 0 Å². The van der Waals surface area contributed by atoms with Crippen molar-refractivity contribution in [2.24, 2.45) is 11.8 Å². The minimum absolute atomic E-state index is 0.227. The lowest BCUT2D eigenvalue weighted by molar-refractivity contribution is -0.133. The molecule has 2 aliphatic rings. The predicted octanol–water partition coefficient (Wildman–Crippen LogP) is 1.36. The van der Waals surface area contributed by atoms with Gasteiger partial charge in [-0.1, -0.05) is 23.2 Å². The molecule has 4 atom stereocenters. The normalized spacial score (nSPS) is 38.7. The lowest BCUT2D eigenvalue weighted by atomic mass is 10.0. The zero-order valence-electron chi connectivity index (χ0n) is 9.65. The minimum atomic E-state index is 0.227. The lowest BCUT2D eigenvalue weighted by Gasteiger charge is -2.35. The fourth-order valence-electron chi connectivity index (χ4n) is 2.63. The van der Waals surface area contributed by atoms with Crippen LogP contribution >= 0.6 is 9.39 Å². The molecular weight excluding hydrogens is 207 g/mol. The first-order valence-corrected chi connectivity index (χ1v) is 6.41. The maximum Gasteiger partial charge on any atom is 0.226 e. The Balaban J connectivity index is 2.02. The summed E-state index contributed by atoms with van der Waals surface area (Å²) in [5.74, 6) is 1.12. The molecule has 15 heavy (non-hydrogen) atoms. The number of carbonyl (C=O) groups excluding carboxylic acids is 1. The molecule has 0 aromatic carbocycles. The van der Waals surface area contributed by atoms with Crippen molar-refractivity contribution in [3.8, 4) is 0 Å². The number of nitrogens with zero attached hydrogens (tertiary/aromatic N) is 2. The largest absolute Gasteiger partial charge is 0.338 e. The van der Waals surface area contributed by atoms with Crippen LogP contribution in [0.3, 0.4) is 0 Å². The van der Waals surface area contributed by atoms with Crippen molar-refractivity contribution in [1.29, 1.82) is 0 Å². The van der Waals surface area contributed by atoms with Gasteiger partial charge in [0.25, 0.3) is 0 Å². The molecule has 0 aromatic heterocycles. The van der Waals surface area contributed by atoms with Crippen molar-refractivity contribution in [2.45, 2.75) is 32.7 Å². The smallest absolute Gasteiger partial charge is 0.226 e. The molecule has 0 saturated carbocycles. The first kappa shape index (κ1) is 11.3. The summed E-state index contributed by atoms with van der Waals surface area (Å²) in [5, 5.41) is 0. The van der Waals surface area contributed by atoms with Crippen molar-refractivity contribution in [1.82, 2.24) is 9.57 Å². The number of carbonyl (C=O) groups is 1. The Hall–Kier alpha value is -0.140. The molecule has 3 nitrogen and oxygen atoms in total. The summed E-state index contributed by atoms with van der Waals surface area (Å²) >= 11 is 0. The maximum absolute atomic E-state index is 12.0. The van der Waals surface area contributed by atoms with Gasteiger partial charge < -0.3 is 4.90 Å². The number of rotatable bonds is 1. The second-order valence-corrected chi connectivity index (χ2v) is 5.78. The summed E-state index contributed by atoms with van der Waals surface area (Å²) in [6.07, 6.45) is 2.39. The van der Waals surface area contributed by atoms with Crippen LogP contribution in [0.25, 0.3) is 0 Å². The van der Waals surface area contributed by atoms with Crippen LogP contribution in [-0.2, 0) is 4.79 Å². The third-order valence-corrected chi connectivity index (χ3v) is 4.35. The van der Waals surface area contributed by atoms with E-state index in [0.29, 0.717) is 17.9 Å². The van der Waals surface area contributed by atoms with Crippen molar-refractivity contribution in [3.63, 3.8) is 0 Å². The lowest BCUT2D eigenvalue weighted by Crippen LogP contribution is -2.46. The van der Waals surface area contributed by atoms with Gasteiger partial charge in [-0.05, 0) is 18.8 Å². The van der Waals surface area contributed by atoms with E-state index < -0.39 is 0 Å². The van der Waals surface area contributed by atoms with Crippen LogP contribution < -0.4 is 0 Å². The quantitative estimate of drug-likeness (QED) is 0.633. The molecular formula is C11H21N2OP. The summed E-state index contributed by atoms with van der Waals surface area (Å²) in [4.78, 5) is 14.1. The SMILES string of the molecule is CC1CN([C@H]2CCCN(P)C2)C(=O)C1C. The van der Waals surface area contributed by atoms with Crippen LogP contribution in [0, 0.1) is 11.8 Å². The molecule has 86 valence electrons. The molecule has 2 saturated heterocycles. The van der Waals surface area contributed by atoms with Crippen LogP contribution in [-0.4, -0.2) is 41.2 Å². The first-order valence-electron chi connectivity index (χ1n) is 5.89. The second-order valence-electron chi connectivity index (χ2n) is 5.05. The van der Waals surface area contributed by atoms with Gasteiger partial charge in [0.15, 0.2) is 0 Å². The van der Waals surface area contributed by atoms with Crippen molar-refractivity contribution in [2.75, 3.05) is 19.6 Å². The van der Waals surface area contributed by atoms with Crippen molar-refractivity contribution < 1.29 is 4.79 Å². The molecule has 2 rings (SSSR count). The Kier molecular flexibility index (Phi) is 3.32. The van der Waals surface area contributed by atoms with E-state index in [2.05, 4.69) is 32.8 Å². The second kappa shape index (κ2) is 4.39. The van der Waals surface area contributed by atoms with Gasteiger partial charge in [-0.2, -0.15) is 0 Å². The number of hydrogen-bond acceptors (Lipinski definition) is 2. The highest BCUT2D eigenvalue weighted by molar-refractivity contribution is 7.13. The van der Waals surface area contributed by atoms with Gasteiger partial charge in [-0.3, -0.25) is 9.46 Å². The van der Waals surface area contributed by atoms with E-state index in [1.807, 2.05) is 0 Å². The van der Waals surface area contributed by atoms with Gasteiger partial charge >= 0.3 is 0 Å². The predicted molar refractivity (Wildman–Crippen MR) is 64.3 cm³/mol. The maximum atomic E-state index is 12.0. The highest BCUT2D eigenvalue weighted by Gasteiger charge is 2.38. The molecule has 0 radical (unpaired) electrons. The number of piperidine rings is 1. The molecule has 2 aliphatic heterocycles. The molecule has 1 amide bonds. The monoisotopic (exact) mass is 228 g/mol. The molecule has 0 aromatic rings. The van der Waals surface area contributed by atoms with Crippen LogP contribution in [0.15, 0.2) is 0 Å². The number of hydrogen-bond donors (Lipinski definition) is 0. The van der Waals surface area contributed by atoms with E-state index in [-0.39, 0.29) is 5.92 Å². The molecule has 2 heterocycles. The third kappa shape index (κ3) is 2.19. The Morgan fingerprint density at radius 1 is 1.33 bits per heavy atom. The highest BCUT2D eigenvalue weighted by Crippen LogP contribution is 2.29. The van der Waals surface area contributed by atoms with Gasteiger partial charge in [0, 0.05) is 31.6 Å². The van der Waals surface area contributed by atoms with Crippen LogP contribution in [0.1, 0.15) is 26.7 Å². The average molecular weight is 228 g/mol. The zero-order valence-corrected chi connectivity index (χ0v) is 10.8. The molecule has 3 unspecified atom stereocenters. The molecule has 0 bridgehead atoms. The Morgan fingerprint density at radius 3 is 2.60 bits per heavy atom. The summed E-state index contributed by atoms with van der Waals surface area (Å²) in [6.45, 7) is 7.38. The molecule has 0 spiro atoms. The van der Waals surface area contributed by atoms with E-state index in [1.54, 1.807) is 0 Å². The fraction of sp³-hybridized carbons (Fsp3) is 0.909. The summed E-state index contributed by atoms with van der Waals surface area (Å²) in [6, 6.07) is 0.455. The van der Waals surface area contributed by atoms with Gasteiger partial charge in [-0.25, -0.2) is 0 Å². The zero-order chi connectivity index (χ0) is 11.0. The summed E-state index contributed by atoms with van der Waals surface area (Å²) < 4.78 is 2.26. The molecule has 2 fully saturated rings. The average Bonchev–Trinajstić information content (AvgIpc) is 2.46. The topological polar surface area (TPSA) is 23.6 Å². The molecule has 4 heteroatoms. The van der Waals surface area contributed by atoms with Crippen LogP contribution in [0.4, 0.5) is 0 Å². The number of likely N-dealkylation sites (tertiary alicyclic amines) is 1. The van der Waals surface area contributed by atoms with Gasteiger partial charge in [0.05, 0.1) is 0 Å². The number of amides is 1. The molecule has 0 N–H and O–H groups in total. The Labute approximate surface area is 94.4 Å². The van der Waals surface area contributed by atoms with E-state index in [1.165, 1.54) is 12.8 Å². The highest BCUT2D eigenvalue weighted by atomic mass is 31.0. The standard InChI is InChI=1S/C11H21N2OP/c1-8-6-13(11(14)9(8)2)10-4-3-5-12(15)7-10/h8-10H,3-7,15H2,1-2H3/t8?,9?,10-/m0/s1. The summed E-state index contributed by atoms with van der Waals surface area (Å²) in [5.41, 5.74) is 0. The third-order valence-electron chi connectivity index (χ3n) is 3.88. The van der Waals surface area contributed by atoms with Gasteiger partial charge in [0.2, 0.25) is 5.91 Å². The summed E-state index contributed by atoms with van der Waals surface area (Å²) in [7, 11) is 2.76. The molecule has 0 aliphatic carbocycles. The van der Waals surface area contributed by atoms with Gasteiger partial charge in [-0.15, -0.1) is 0 Å². The van der Waals surface area contributed by atoms with Crippen LogP contribution in [0.2, 0.25) is 0 Å². The van der Waals surface area contributed by atoms with Crippen LogP contribution in [0.5, 0.6) is 0 Å². The minimum Gasteiger partial charge on any atom is -0.338 e. The van der Waals surface area contributed by atoms with E-state index in [4.69, 9.17) is 0 Å². The Morgan fingerprint density at radius 2 is 2.07 bits per heavy atom. The first-order chi connectivity index (χ1) is 7.09.